The van der Waals surface area contributed by atoms with Crippen molar-refractivity contribution < 1.29 is 23.8 Å². The number of hydrogen-bond acceptors (Lipinski definition) is 8. The molecule has 1 aliphatic rings. The summed E-state index contributed by atoms with van der Waals surface area (Å²) in [4.78, 5) is 44.0. The van der Waals surface area contributed by atoms with Crippen LogP contribution in [0.15, 0.2) is 63.5 Å². The fraction of sp³-hybridized carbons (Fsp3) is 0.355. The zero-order chi connectivity index (χ0) is 29.1. The molecule has 0 radical (unpaired) electrons. The molecular weight excluding hydrogens is 528 g/mol. The third kappa shape index (κ3) is 6.09. The number of fused-ring (bicyclic) bond motifs is 1. The predicted molar refractivity (Wildman–Crippen MR) is 154 cm³/mol. The molecule has 3 aromatic rings. The minimum atomic E-state index is -0.818. The summed E-state index contributed by atoms with van der Waals surface area (Å²) in [7, 11) is 1.46. The van der Waals surface area contributed by atoms with Gasteiger partial charge in [0, 0.05) is 6.92 Å². The molecule has 8 nitrogen and oxygen atoms in total. The summed E-state index contributed by atoms with van der Waals surface area (Å²) in [6, 6.07) is 12.2. The van der Waals surface area contributed by atoms with Crippen molar-refractivity contribution in [3.8, 4) is 11.5 Å². The van der Waals surface area contributed by atoms with Crippen molar-refractivity contribution in [2.75, 3.05) is 13.7 Å². The van der Waals surface area contributed by atoms with E-state index in [9.17, 15) is 14.4 Å². The summed E-state index contributed by atoms with van der Waals surface area (Å²) in [5.74, 6) is 0.0380. The van der Waals surface area contributed by atoms with Crippen molar-refractivity contribution in [3.63, 3.8) is 0 Å². The first kappa shape index (κ1) is 29.0. The molecule has 210 valence electrons. The fourth-order valence-corrected chi connectivity index (χ4v) is 5.49. The average Bonchev–Trinajstić information content (AvgIpc) is 3.20. The number of nitrogens with zero attached hydrogens (tertiary/aromatic N) is 2. The van der Waals surface area contributed by atoms with Crippen molar-refractivity contribution in [2.24, 2.45) is 10.9 Å². The SMILES string of the molecule is COc1cc([C@@H]2C(C(=O)OCC(C)C)=C(C)N=c3s/c(=C\c4ccc(C(C)C)cc4)c(=O)n32)ccc1OC(C)=O. The molecule has 2 heterocycles. The minimum Gasteiger partial charge on any atom is -0.493 e. The Morgan fingerprint density at radius 1 is 1.07 bits per heavy atom. The maximum Gasteiger partial charge on any atom is 0.338 e. The van der Waals surface area contributed by atoms with Crippen LogP contribution in [0.3, 0.4) is 0 Å². The lowest BCUT2D eigenvalue weighted by Gasteiger charge is -2.25. The molecule has 2 aromatic carbocycles. The van der Waals surface area contributed by atoms with Crippen LogP contribution in [-0.4, -0.2) is 30.2 Å². The largest absolute Gasteiger partial charge is 0.493 e. The maximum absolute atomic E-state index is 13.9. The summed E-state index contributed by atoms with van der Waals surface area (Å²) >= 11 is 1.26. The van der Waals surface area contributed by atoms with Gasteiger partial charge in [0.2, 0.25) is 0 Å². The Bertz CT molecular complexity index is 1640. The van der Waals surface area contributed by atoms with Crippen LogP contribution in [-0.2, 0) is 14.3 Å². The molecule has 0 saturated heterocycles. The van der Waals surface area contributed by atoms with E-state index in [1.54, 1.807) is 25.1 Å². The number of carbonyl (C=O) groups excluding carboxylic acids is 2. The van der Waals surface area contributed by atoms with Crippen LogP contribution in [0.25, 0.3) is 6.08 Å². The van der Waals surface area contributed by atoms with E-state index in [4.69, 9.17) is 14.2 Å². The van der Waals surface area contributed by atoms with Gasteiger partial charge < -0.3 is 14.2 Å². The zero-order valence-electron chi connectivity index (χ0n) is 23.8. The molecule has 1 aliphatic heterocycles. The molecule has 4 rings (SSSR count). The van der Waals surface area contributed by atoms with Gasteiger partial charge in [-0.15, -0.1) is 0 Å². The third-order valence-corrected chi connectivity index (χ3v) is 7.43. The van der Waals surface area contributed by atoms with E-state index in [-0.39, 0.29) is 29.4 Å². The van der Waals surface area contributed by atoms with Crippen molar-refractivity contribution in [1.82, 2.24) is 4.57 Å². The van der Waals surface area contributed by atoms with Gasteiger partial charge in [0.25, 0.3) is 5.56 Å². The van der Waals surface area contributed by atoms with Crippen LogP contribution >= 0.6 is 11.3 Å². The number of esters is 2. The molecule has 0 spiro atoms. The highest BCUT2D eigenvalue weighted by Crippen LogP contribution is 2.36. The van der Waals surface area contributed by atoms with Gasteiger partial charge in [0.15, 0.2) is 16.3 Å². The van der Waals surface area contributed by atoms with Gasteiger partial charge in [0.1, 0.15) is 0 Å². The number of rotatable bonds is 8. The molecule has 0 unspecified atom stereocenters. The number of carbonyl (C=O) groups is 2. The molecule has 0 N–H and O–H groups in total. The lowest BCUT2D eigenvalue weighted by Crippen LogP contribution is -2.40. The van der Waals surface area contributed by atoms with E-state index in [2.05, 4.69) is 31.0 Å². The van der Waals surface area contributed by atoms with Gasteiger partial charge in [-0.3, -0.25) is 14.2 Å². The third-order valence-electron chi connectivity index (χ3n) is 6.45. The second kappa shape index (κ2) is 12.0. The lowest BCUT2D eigenvalue weighted by atomic mass is 9.95. The monoisotopic (exact) mass is 562 g/mol. The van der Waals surface area contributed by atoms with Crippen molar-refractivity contribution in [1.29, 1.82) is 0 Å². The second-order valence-electron chi connectivity index (χ2n) is 10.4. The predicted octanol–water partition coefficient (Wildman–Crippen LogP) is 4.49. The van der Waals surface area contributed by atoms with Crippen LogP contribution in [0.2, 0.25) is 0 Å². The molecule has 40 heavy (non-hydrogen) atoms. The number of aromatic nitrogens is 1. The molecular formula is C31H34N2O6S. The number of allylic oxidation sites excluding steroid dienone is 1. The molecule has 0 fully saturated rings. The first-order chi connectivity index (χ1) is 19.0. The minimum absolute atomic E-state index is 0.134. The molecule has 9 heteroatoms. The summed E-state index contributed by atoms with van der Waals surface area (Å²) < 4.78 is 18.4. The normalized spacial score (nSPS) is 15.2. The molecule has 0 saturated carbocycles. The van der Waals surface area contributed by atoms with E-state index in [1.807, 2.05) is 32.1 Å². The first-order valence-corrected chi connectivity index (χ1v) is 14.0. The maximum atomic E-state index is 13.9. The smallest absolute Gasteiger partial charge is 0.338 e. The van der Waals surface area contributed by atoms with E-state index in [1.165, 1.54) is 35.5 Å². The molecule has 0 amide bonds. The zero-order valence-corrected chi connectivity index (χ0v) is 24.6. The van der Waals surface area contributed by atoms with E-state index >= 15 is 0 Å². The molecule has 1 atom stereocenters. The Labute approximate surface area is 237 Å². The van der Waals surface area contributed by atoms with Gasteiger partial charge in [-0.1, -0.05) is 69.4 Å². The summed E-state index contributed by atoms with van der Waals surface area (Å²) in [5, 5.41) is 0. The number of methoxy groups -OCH3 is 1. The highest BCUT2D eigenvalue weighted by molar-refractivity contribution is 7.07. The molecule has 0 bridgehead atoms. The number of hydrogen-bond donors (Lipinski definition) is 0. The lowest BCUT2D eigenvalue weighted by molar-refractivity contribution is -0.140. The topological polar surface area (TPSA) is 96.2 Å². The Hall–Kier alpha value is -3.98. The Balaban J connectivity index is 1.90. The summed E-state index contributed by atoms with van der Waals surface area (Å²) in [5.41, 5.74) is 3.16. The van der Waals surface area contributed by atoms with Gasteiger partial charge in [-0.05, 0) is 53.7 Å². The Morgan fingerprint density at radius 3 is 2.38 bits per heavy atom. The molecule has 1 aromatic heterocycles. The van der Waals surface area contributed by atoms with Gasteiger partial charge in [-0.2, -0.15) is 0 Å². The average molecular weight is 563 g/mol. The second-order valence-corrected chi connectivity index (χ2v) is 11.4. The van der Waals surface area contributed by atoms with E-state index in [0.717, 1.165) is 5.56 Å². The van der Waals surface area contributed by atoms with Crippen LogP contribution in [0.4, 0.5) is 0 Å². The van der Waals surface area contributed by atoms with Crippen molar-refractivity contribution in [3.05, 3.63) is 90.1 Å². The van der Waals surface area contributed by atoms with Gasteiger partial charge >= 0.3 is 11.9 Å². The summed E-state index contributed by atoms with van der Waals surface area (Å²) in [6.45, 7) is 11.4. The molecule has 0 aliphatic carbocycles. The highest BCUT2D eigenvalue weighted by Gasteiger charge is 2.34. The van der Waals surface area contributed by atoms with Crippen LogP contribution in [0, 0.1) is 5.92 Å². The highest BCUT2D eigenvalue weighted by atomic mass is 32.1. The number of thiazole rings is 1. The Kier molecular flexibility index (Phi) is 8.73. The summed E-state index contributed by atoms with van der Waals surface area (Å²) in [6.07, 6.45) is 1.84. The van der Waals surface area contributed by atoms with E-state index in [0.29, 0.717) is 32.3 Å². The van der Waals surface area contributed by atoms with Gasteiger partial charge in [0.05, 0.1) is 35.6 Å². The quantitative estimate of drug-likeness (QED) is 0.297. The van der Waals surface area contributed by atoms with Gasteiger partial charge in [-0.25, -0.2) is 9.79 Å². The van der Waals surface area contributed by atoms with Crippen molar-refractivity contribution in [2.45, 2.75) is 53.5 Å². The number of ether oxygens (including phenoxy) is 3. The van der Waals surface area contributed by atoms with Crippen LogP contribution in [0.1, 0.15) is 70.2 Å². The first-order valence-electron chi connectivity index (χ1n) is 13.2. The van der Waals surface area contributed by atoms with Crippen LogP contribution < -0.4 is 24.4 Å². The fourth-order valence-electron chi connectivity index (χ4n) is 4.44. The van der Waals surface area contributed by atoms with Crippen LogP contribution in [0.5, 0.6) is 11.5 Å². The Morgan fingerprint density at radius 2 is 1.77 bits per heavy atom. The van der Waals surface area contributed by atoms with Crippen molar-refractivity contribution >= 4 is 29.4 Å². The standard InChI is InChI=1S/C31H34N2O6S/c1-17(2)16-38-30(36)27-19(5)32-31-33(28(27)23-12-13-24(39-20(6)34)25(15-23)37-7)29(35)26(40-31)14-21-8-10-22(11-9-21)18(3)4/h8-15,17-18,28H,16H2,1-7H3/b26-14-/t28-/m1/s1. The number of benzene rings is 2. The van der Waals surface area contributed by atoms with E-state index < -0.39 is 18.0 Å².